The van der Waals surface area contributed by atoms with E-state index in [1.54, 1.807) is 0 Å². The van der Waals surface area contributed by atoms with Gasteiger partial charge in [0, 0.05) is 25.7 Å². The highest BCUT2D eigenvalue weighted by atomic mass is 31.2. The molecule has 0 saturated heterocycles. The van der Waals surface area contributed by atoms with E-state index in [4.69, 9.17) is 37.0 Å². The van der Waals surface area contributed by atoms with Crippen LogP contribution in [0.25, 0.3) is 0 Å². The summed E-state index contributed by atoms with van der Waals surface area (Å²) in [5, 5.41) is 10.7. The number of carbonyl (C=O) groups is 4. The van der Waals surface area contributed by atoms with Crippen LogP contribution < -0.4 is 0 Å². The second kappa shape index (κ2) is 82.6. The van der Waals surface area contributed by atoms with Gasteiger partial charge in [-0.05, 0) is 180 Å². The van der Waals surface area contributed by atoms with Gasteiger partial charge in [-0.1, -0.05) is 298 Å². The zero-order chi connectivity index (χ0) is 81.7. The van der Waals surface area contributed by atoms with Gasteiger partial charge in [0.1, 0.15) is 19.3 Å². The van der Waals surface area contributed by atoms with Crippen LogP contribution in [0.15, 0.2) is 207 Å². The van der Waals surface area contributed by atoms with Crippen molar-refractivity contribution in [3.8, 4) is 0 Å². The molecule has 0 amide bonds. The quantitative estimate of drug-likeness (QED) is 0.0169. The molecule has 0 fully saturated rings. The van der Waals surface area contributed by atoms with Crippen LogP contribution in [0.3, 0.4) is 0 Å². The summed E-state index contributed by atoms with van der Waals surface area (Å²) < 4.78 is 68.7. The first-order valence-corrected chi connectivity index (χ1v) is 45.3. The van der Waals surface area contributed by atoms with E-state index in [0.717, 1.165) is 193 Å². The molecule has 19 heteroatoms. The molecule has 3 N–H and O–H groups in total. The van der Waals surface area contributed by atoms with Crippen molar-refractivity contribution in [2.75, 3.05) is 39.6 Å². The van der Waals surface area contributed by atoms with Crippen LogP contribution in [0.5, 0.6) is 0 Å². The number of hydrogen-bond donors (Lipinski definition) is 3. The summed E-state index contributed by atoms with van der Waals surface area (Å²) in [6.07, 6.45) is 104. The van der Waals surface area contributed by atoms with Crippen molar-refractivity contribution < 1.29 is 80.2 Å². The van der Waals surface area contributed by atoms with Crippen molar-refractivity contribution in [2.24, 2.45) is 0 Å². The Morgan fingerprint density at radius 2 is 0.482 bits per heavy atom. The number of hydrogen-bond acceptors (Lipinski definition) is 15. The van der Waals surface area contributed by atoms with Crippen LogP contribution in [0.2, 0.25) is 0 Å². The molecule has 5 atom stereocenters. The van der Waals surface area contributed by atoms with Gasteiger partial charge in [-0.25, -0.2) is 9.13 Å². The molecule has 17 nitrogen and oxygen atoms in total. The third-order valence-electron chi connectivity index (χ3n) is 16.7. The smallest absolute Gasteiger partial charge is 0.462 e. The van der Waals surface area contributed by atoms with Crippen LogP contribution in [0.4, 0.5) is 0 Å². The van der Waals surface area contributed by atoms with Crippen molar-refractivity contribution in [1.29, 1.82) is 0 Å². The van der Waals surface area contributed by atoms with E-state index in [-0.39, 0.29) is 25.7 Å². The molecule has 0 heterocycles. The fraction of sp³-hybridized carbons (Fsp3) is 0.591. The lowest BCUT2D eigenvalue weighted by atomic mass is 10.1. The molecule has 0 rings (SSSR count). The molecule has 0 aliphatic heterocycles. The molecule has 0 aliphatic rings. The third-order valence-corrected chi connectivity index (χ3v) is 18.6. The second-order valence-corrected chi connectivity index (χ2v) is 30.2. The van der Waals surface area contributed by atoms with Crippen LogP contribution in [0.1, 0.15) is 297 Å². The highest BCUT2D eigenvalue weighted by molar-refractivity contribution is 7.47. The Morgan fingerprint density at radius 1 is 0.259 bits per heavy atom. The number of rotatable bonds is 77. The van der Waals surface area contributed by atoms with E-state index in [1.165, 1.54) is 19.3 Å². The fourth-order valence-corrected chi connectivity index (χ4v) is 12.0. The first-order chi connectivity index (χ1) is 54.7. The highest BCUT2D eigenvalue weighted by Gasteiger charge is 2.30. The molecule has 0 aliphatic carbocycles. The minimum absolute atomic E-state index is 0.0193. The number of aliphatic hydroxyl groups is 1. The lowest BCUT2D eigenvalue weighted by Gasteiger charge is -2.21. The number of aliphatic hydroxyl groups excluding tert-OH is 1. The molecule has 632 valence electrons. The number of allylic oxidation sites excluding steroid dienone is 34. The Kier molecular flexibility index (Phi) is 77.9. The lowest BCUT2D eigenvalue weighted by molar-refractivity contribution is -0.161. The summed E-state index contributed by atoms with van der Waals surface area (Å²) in [6, 6.07) is 0. The monoisotopic (exact) mass is 1600 g/mol. The zero-order valence-corrected chi connectivity index (χ0v) is 71.0. The van der Waals surface area contributed by atoms with Gasteiger partial charge in [-0.15, -0.1) is 0 Å². The molecular formula is C93H148O17P2. The van der Waals surface area contributed by atoms with Crippen molar-refractivity contribution in [1.82, 2.24) is 0 Å². The molecule has 0 radical (unpaired) electrons. The molecule has 0 spiro atoms. The van der Waals surface area contributed by atoms with Gasteiger partial charge in [0.15, 0.2) is 12.2 Å². The molecule has 5 unspecified atom stereocenters. The Bertz CT molecular complexity index is 2940. The fourth-order valence-electron chi connectivity index (χ4n) is 10.4. The molecule has 0 aromatic carbocycles. The van der Waals surface area contributed by atoms with Crippen molar-refractivity contribution in [3.05, 3.63) is 207 Å². The van der Waals surface area contributed by atoms with Gasteiger partial charge >= 0.3 is 39.5 Å². The predicted octanol–water partition coefficient (Wildman–Crippen LogP) is 25.4. The van der Waals surface area contributed by atoms with Gasteiger partial charge in [0.2, 0.25) is 0 Å². The second-order valence-electron chi connectivity index (χ2n) is 27.3. The highest BCUT2D eigenvalue weighted by Crippen LogP contribution is 2.45. The van der Waals surface area contributed by atoms with Gasteiger partial charge in [-0.3, -0.25) is 37.3 Å². The molecule has 112 heavy (non-hydrogen) atoms. The van der Waals surface area contributed by atoms with Crippen molar-refractivity contribution in [2.45, 2.75) is 316 Å². The zero-order valence-electron chi connectivity index (χ0n) is 69.3. The summed E-state index contributed by atoms with van der Waals surface area (Å²) in [6.45, 7) is 4.34. The average Bonchev–Trinajstić information content (AvgIpc) is 0.898. The van der Waals surface area contributed by atoms with Crippen LogP contribution in [-0.2, 0) is 65.4 Å². The van der Waals surface area contributed by atoms with E-state index in [9.17, 15) is 43.2 Å². The predicted molar refractivity (Wildman–Crippen MR) is 463 cm³/mol. The largest absolute Gasteiger partial charge is 0.472 e. The SMILES string of the molecule is CC/C=C\C/C=C\C/C=C\C/C=C\C/C=C\C/C=C\CCC(=O)OCC(COP(=O)(O)OCC(O)COP(=O)(O)OCC(COC(=O)CCCCCCCC/C=C\C/C=C\C/C=C\CCCCC)OC(=O)CCCCCCC/C=C\C/C=C\C/C=C\CC)OC(=O)CCCCC/C=C\C/C=C\C/C=C\C/C=C\C/C=C\CC. The minimum Gasteiger partial charge on any atom is -0.462 e. The van der Waals surface area contributed by atoms with Crippen molar-refractivity contribution in [3.63, 3.8) is 0 Å². The van der Waals surface area contributed by atoms with E-state index in [1.807, 2.05) is 18.2 Å². The third kappa shape index (κ3) is 81.6. The molecule has 0 saturated carbocycles. The van der Waals surface area contributed by atoms with Gasteiger partial charge < -0.3 is 33.8 Å². The summed E-state index contributed by atoms with van der Waals surface area (Å²) in [4.78, 5) is 73.2. The van der Waals surface area contributed by atoms with Crippen molar-refractivity contribution >= 4 is 39.5 Å². The van der Waals surface area contributed by atoms with Gasteiger partial charge in [0.25, 0.3) is 0 Å². The topological polar surface area (TPSA) is 237 Å². The van der Waals surface area contributed by atoms with E-state index < -0.39 is 97.5 Å². The number of esters is 4. The Labute approximate surface area is 678 Å². The maximum absolute atomic E-state index is 13.1. The number of ether oxygens (including phenoxy) is 4. The Balaban J connectivity index is 5.53. The summed E-state index contributed by atoms with van der Waals surface area (Å²) in [5.41, 5.74) is 0. The normalized spacial score (nSPS) is 14.8. The lowest BCUT2D eigenvalue weighted by Crippen LogP contribution is -2.30. The van der Waals surface area contributed by atoms with E-state index in [2.05, 4.69) is 216 Å². The molecule has 0 bridgehead atoms. The average molecular weight is 1600 g/mol. The summed E-state index contributed by atoms with van der Waals surface area (Å²) >= 11 is 0. The van der Waals surface area contributed by atoms with Gasteiger partial charge in [-0.2, -0.15) is 0 Å². The standard InChI is InChI=1S/C93H148O17P2/c1-5-9-13-17-21-25-29-33-37-40-43-46-50-53-57-61-65-69-73-77-90(95)103-83-88(109-92(97)79-75-71-67-63-59-55-49-36-32-28-24-20-16-12-8-4)85-107-111(99,100)105-81-87(94)82-106-112(101,102)108-86-89(110-93(98)80-76-72-68-64-60-56-52-48-45-42-39-35-31-27-23-19-15-11-7-3)84-104-91(96)78-74-70-66-62-58-54-51-47-44-41-38-34-30-26-22-18-14-10-6-2/h10-12,14-16,21-28,33-39,43-49,54,56,58,60,66,70,87-89,94H,5-9,13,17-20,29-32,40-42,50-53,55,57,59,61-65,67-69,71-86H2,1-4H3,(H,99,100)(H,101,102)/b14-10-,15-11-,16-12-,25-21-,26-22-,27-23-,28-24-,37-33-,38-34-,39-35-,46-43-,47-44-,48-45-,49-36-,58-54-,60-56-,70-66-. The number of phosphoric ester groups is 2. The van der Waals surface area contributed by atoms with Crippen LogP contribution >= 0.6 is 15.6 Å². The Hall–Kier alpha value is -6.36. The molecular weight excluding hydrogens is 1450 g/mol. The first kappa shape index (κ1) is 106. The maximum atomic E-state index is 13.1. The van der Waals surface area contributed by atoms with Gasteiger partial charge in [0.05, 0.1) is 26.4 Å². The van der Waals surface area contributed by atoms with Crippen LogP contribution in [-0.4, -0.2) is 96.7 Å². The van der Waals surface area contributed by atoms with E-state index in [0.29, 0.717) is 32.1 Å². The Morgan fingerprint density at radius 3 is 0.777 bits per heavy atom. The molecule has 0 aromatic heterocycles. The maximum Gasteiger partial charge on any atom is 0.472 e. The first-order valence-electron chi connectivity index (χ1n) is 42.3. The van der Waals surface area contributed by atoms with Crippen LogP contribution in [0, 0.1) is 0 Å². The number of unbranched alkanes of at least 4 members (excludes halogenated alkanes) is 17. The van der Waals surface area contributed by atoms with E-state index >= 15 is 0 Å². The number of phosphoric acid groups is 2. The minimum atomic E-state index is -5.02. The summed E-state index contributed by atoms with van der Waals surface area (Å²) in [7, 11) is -10.0. The summed E-state index contributed by atoms with van der Waals surface area (Å²) in [5.74, 6) is -2.36. The number of carbonyl (C=O) groups excluding carboxylic acids is 4. The molecule has 0 aromatic rings.